The summed E-state index contributed by atoms with van der Waals surface area (Å²) in [6, 6.07) is 0. The fourth-order valence-electron chi connectivity index (χ4n) is 8.36. The van der Waals surface area contributed by atoms with Crippen LogP contribution in [0, 0.1) is 5.41 Å². The van der Waals surface area contributed by atoms with Crippen molar-refractivity contribution in [3.63, 3.8) is 0 Å². The number of esters is 3. The number of hydrogen-bond acceptors (Lipinski definition) is 7. The molecule has 0 saturated heterocycles. The summed E-state index contributed by atoms with van der Waals surface area (Å²) >= 11 is 0. The van der Waals surface area contributed by atoms with Crippen molar-refractivity contribution >= 4 is 17.9 Å². The Kier molecular flexibility index (Phi) is 44.2. The van der Waals surface area contributed by atoms with Crippen LogP contribution in [0.4, 0.5) is 0 Å². The van der Waals surface area contributed by atoms with Crippen LogP contribution in [0.1, 0.15) is 278 Å². The van der Waals surface area contributed by atoms with E-state index in [1.54, 1.807) is 0 Å². The van der Waals surface area contributed by atoms with E-state index >= 15 is 0 Å². The van der Waals surface area contributed by atoms with Crippen molar-refractivity contribution in [2.24, 2.45) is 5.41 Å². The van der Waals surface area contributed by atoms with Gasteiger partial charge in [-0.25, -0.2) is 0 Å². The van der Waals surface area contributed by atoms with Crippen molar-refractivity contribution in [1.29, 1.82) is 0 Å². The first-order chi connectivity index (χ1) is 29.3. The second-order valence-electron chi connectivity index (χ2n) is 19.0. The summed E-state index contributed by atoms with van der Waals surface area (Å²) in [6.07, 6.45) is 47.4. The second kappa shape index (κ2) is 45.4. The highest BCUT2D eigenvalue weighted by Crippen LogP contribution is 2.24. The van der Waals surface area contributed by atoms with Gasteiger partial charge in [-0.2, -0.15) is 0 Å². The Balaban J connectivity index is 4.77. The van der Waals surface area contributed by atoms with Gasteiger partial charge in [0.15, 0.2) is 0 Å². The molecule has 0 unspecified atom stereocenters. The lowest BCUT2D eigenvalue weighted by atomic mass is 9.90. The van der Waals surface area contributed by atoms with Gasteiger partial charge in [-0.15, -0.1) is 0 Å². The number of carbonyl (C=O) groups is 3. The molecule has 0 atom stereocenters. The number of rotatable bonds is 48. The summed E-state index contributed by atoms with van der Waals surface area (Å²) < 4.78 is 17.6. The lowest BCUT2D eigenvalue weighted by molar-refractivity contribution is -0.163. The van der Waals surface area contributed by atoms with Crippen molar-refractivity contribution < 1.29 is 28.6 Å². The highest BCUT2D eigenvalue weighted by Gasteiger charge is 2.36. The molecule has 7 heteroatoms. The van der Waals surface area contributed by atoms with E-state index in [1.165, 1.54) is 180 Å². The average molecular weight is 850 g/mol. The minimum Gasteiger partial charge on any atom is -0.465 e. The molecule has 0 saturated carbocycles. The van der Waals surface area contributed by atoms with Gasteiger partial charge in [0, 0.05) is 25.8 Å². The van der Waals surface area contributed by atoms with E-state index in [-0.39, 0.29) is 37.7 Å². The zero-order chi connectivity index (χ0) is 44.0. The maximum atomic E-state index is 13.0. The Morgan fingerprint density at radius 3 is 0.683 bits per heavy atom. The maximum Gasteiger partial charge on any atom is 0.305 e. The highest BCUT2D eigenvalue weighted by molar-refractivity contribution is 5.70. The van der Waals surface area contributed by atoms with Gasteiger partial charge in [0.05, 0.1) is 5.41 Å². The Morgan fingerprint density at radius 1 is 0.317 bits per heavy atom. The van der Waals surface area contributed by atoms with E-state index in [9.17, 15) is 14.4 Å². The molecule has 0 aromatic rings. The lowest BCUT2D eigenvalue weighted by Crippen LogP contribution is -2.46. The van der Waals surface area contributed by atoms with E-state index < -0.39 is 5.41 Å². The van der Waals surface area contributed by atoms with E-state index in [0.29, 0.717) is 25.8 Å². The highest BCUT2D eigenvalue weighted by atomic mass is 16.6. The van der Waals surface area contributed by atoms with Crippen LogP contribution in [0.2, 0.25) is 0 Å². The van der Waals surface area contributed by atoms with E-state index in [4.69, 9.17) is 14.2 Å². The van der Waals surface area contributed by atoms with E-state index in [0.717, 1.165) is 57.8 Å². The molecular weight excluding hydrogens is 747 g/mol. The Hall–Kier alpha value is -1.63. The molecule has 0 bridgehead atoms. The molecule has 0 aliphatic heterocycles. The van der Waals surface area contributed by atoms with Crippen LogP contribution >= 0.6 is 0 Å². The number of hydrogen-bond donors (Lipinski definition) is 0. The molecule has 0 fully saturated rings. The monoisotopic (exact) mass is 850 g/mol. The quantitative estimate of drug-likeness (QED) is 0.0343. The third kappa shape index (κ3) is 41.7. The SMILES string of the molecule is CCCCCCCCCCCCCCCCCC(=O)OCC(COC(=O)CCCCCCCCCCCCC)(COC(=O)CCCCCCCCCCCCC)CN(C)C. The first kappa shape index (κ1) is 58.4. The normalized spacial score (nSPS) is 11.7. The molecule has 0 radical (unpaired) electrons. The van der Waals surface area contributed by atoms with Gasteiger partial charge in [0.1, 0.15) is 19.8 Å². The van der Waals surface area contributed by atoms with Crippen LogP contribution in [0.15, 0.2) is 0 Å². The topological polar surface area (TPSA) is 82.1 Å². The molecule has 0 aliphatic carbocycles. The van der Waals surface area contributed by atoms with Gasteiger partial charge in [0.2, 0.25) is 0 Å². The molecule has 60 heavy (non-hydrogen) atoms. The van der Waals surface area contributed by atoms with Gasteiger partial charge in [-0.1, -0.05) is 239 Å². The summed E-state index contributed by atoms with van der Waals surface area (Å²) in [5.74, 6) is -0.691. The standard InChI is InChI=1S/C53H103NO6/c1-6-9-12-15-18-21-24-25-26-27-30-33-36-39-42-45-52(57)60-49-53(46-54(4)5,47-58-50(55)43-40-37-34-31-28-22-19-16-13-10-7-2)48-59-51(56)44-41-38-35-32-29-23-20-17-14-11-8-3/h6-49H2,1-5H3. The molecule has 0 amide bonds. The van der Waals surface area contributed by atoms with Gasteiger partial charge in [-0.05, 0) is 33.4 Å². The lowest BCUT2D eigenvalue weighted by Gasteiger charge is -2.34. The molecule has 0 rings (SSSR count). The van der Waals surface area contributed by atoms with Gasteiger partial charge in [0.25, 0.3) is 0 Å². The summed E-state index contributed by atoms with van der Waals surface area (Å²) in [5.41, 5.74) is -0.826. The summed E-state index contributed by atoms with van der Waals surface area (Å²) in [4.78, 5) is 40.9. The van der Waals surface area contributed by atoms with Crippen molar-refractivity contribution in [3.8, 4) is 0 Å². The third-order valence-electron chi connectivity index (χ3n) is 12.2. The average Bonchev–Trinajstić information content (AvgIpc) is 3.23. The molecule has 0 aliphatic rings. The Bertz CT molecular complexity index is 896. The Morgan fingerprint density at radius 2 is 0.500 bits per heavy atom. The fourth-order valence-corrected chi connectivity index (χ4v) is 8.36. The summed E-state index contributed by atoms with van der Waals surface area (Å²) in [5, 5.41) is 0. The first-order valence-electron chi connectivity index (χ1n) is 26.4. The van der Waals surface area contributed by atoms with E-state index in [2.05, 4.69) is 20.8 Å². The number of carbonyl (C=O) groups excluding carboxylic acids is 3. The minimum absolute atomic E-state index is 0.0556. The van der Waals surface area contributed by atoms with Crippen molar-refractivity contribution in [1.82, 2.24) is 4.90 Å². The predicted molar refractivity (Wildman–Crippen MR) is 256 cm³/mol. The number of ether oxygens (including phenoxy) is 3. The van der Waals surface area contributed by atoms with Crippen LogP contribution in [0.3, 0.4) is 0 Å². The first-order valence-corrected chi connectivity index (χ1v) is 26.4. The van der Waals surface area contributed by atoms with E-state index in [1.807, 2.05) is 19.0 Å². The molecule has 356 valence electrons. The van der Waals surface area contributed by atoms with Crippen molar-refractivity contribution in [2.75, 3.05) is 40.5 Å². The molecule has 0 aromatic heterocycles. The van der Waals surface area contributed by atoms with Crippen LogP contribution in [-0.4, -0.2) is 63.3 Å². The second-order valence-corrected chi connectivity index (χ2v) is 19.0. The zero-order valence-electron chi connectivity index (χ0n) is 41.0. The molecule has 0 aromatic carbocycles. The third-order valence-corrected chi connectivity index (χ3v) is 12.2. The van der Waals surface area contributed by atoms with Gasteiger partial charge < -0.3 is 19.1 Å². The van der Waals surface area contributed by atoms with Gasteiger partial charge >= 0.3 is 17.9 Å². The summed E-state index contributed by atoms with van der Waals surface area (Å²) in [6.45, 7) is 7.43. The van der Waals surface area contributed by atoms with Crippen LogP contribution in [0.25, 0.3) is 0 Å². The van der Waals surface area contributed by atoms with Crippen LogP contribution < -0.4 is 0 Å². The van der Waals surface area contributed by atoms with Crippen LogP contribution in [0.5, 0.6) is 0 Å². The zero-order valence-corrected chi connectivity index (χ0v) is 41.0. The van der Waals surface area contributed by atoms with Gasteiger partial charge in [-0.3, -0.25) is 14.4 Å². The minimum atomic E-state index is -0.826. The predicted octanol–water partition coefficient (Wildman–Crippen LogP) is 15.8. The Labute approximate surface area is 373 Å². The molecule has 0 spiro atoms. The smallest absolute Gasteiger partial charge is 0.305 e. The fraction of sp³-hybridized carbons (Fsp3) is 0.943. The molecular formula is C53H103NO6. The summed E-state index contributed by atoms with van der Waals surface area (Å²) in [7, 11) is 3.90. The number of nitrogens with zero attached hydrogens (tertiary/aromatic N) is 1. The van der Waals surface area contributed by atoms with Crippen molar-refractivity contribution in [3.05, 3.63) is 0 Å². The molecule has 7 nitrogen and oxygen atoms in total. The van der Waals surface area contributed by atoms with Crippen molar-refractivity contribution in [2.45, 2.75) is 278 Å². The molecule has 0 heterocycles. The molecule has 0 N–H and O–H groups in total. The largest absolute Gasteiger partial charge is 0.465 e. The maximum absolute atomic E-state index is 13.0. The number of unbranched alkanes of at least 4 members (excludes halogenated alkanes) is 34. The van der Waals surface area contributed by atoms with Crippen LogP contribution in [-0.2, 0) is 28.6 Å².